The minimum absolute atomic E-state index is 0.0620. The maximum absolute atomic E-state index is 11.4. The molecule has 0 aliphatic heterocycles. The number of carbonyl (C=O) groups is 1. The van der Waals surface area contributed by atoms with Crippen LogP contribution >= 0.6 is 0 Å². The average Bonchev–Trinajstić information content (AvgIpc) is 2.42. The Morgan fingerprint density at radius 2 is 2.36 bits per heavy atom. The van der Waals surface area contributed by atoms with E-state index in [0.29, 0.717) is 17.6 Å². The maximum Gasteiger partial charge on any atom is 0.139 e. The van der Waals surface area contributed by atoms with Gasteiger partial charge in [0, 0.05) is 11.8 Å². The summed E-state index contributed by atoms with van der Waals surface area (Å²) in [6.07, 6.45) is 6.23. The first-order valence-electron chi connectivity index (χ1n) is 4.37. The van der Waals surface area contributed by atoms with Gasteiger partial charge >= 0.3 is 0 Å². The molecule has 2 rings (SSSR count). The normalized spacial score (nSPS) is 48.4. The summed E-state index contributed by atoms with van der Waals surface area (Å²) >= 11 is 0. The van der Waals surface area contributed by atoms with E-state index < -0.39 is 0 Å². The number of hydrogen-bond acceptors (Lipinski definition) is 1. The SMILES string of the molecule is C/C=C/[C@H]1[C@@H]2CCC(=O)[C@]12C. The van der Waals surface area contributed by atoms with Crippen LogP contribution in [0.25, 0.3) is 0 Å². The van der Waals surface area contributed by atoms with E-state index in [9.17, 15) is 4.79 Å². The lowest BCUT2D eigenvalue weighted by molar-refractivity contribution is -0.122. The number of Topliss-reactive ketones (excluding diaryl/α,β-unsaturated/α-hetero) is 1. The third kappa shape index (κ3) is 0.688. The second-order valence-corrected chi connectivity index (χ2v) is 3.90. The maximum atomic E-state index is 11.4. The zero-order valence-corrected chi connectivity index (χ0v) is 7.13. The Labute approximate surface area is 67.5 Å². The molecular formula is C10H14O. The monoisotopic (exact) mass is 150 g/mol. The molecule has 0 aromatic rings. The summed E-state index contributed by atoms with van der Waals surface area (Å²) in [5.74, 6) is 1.76. The van der Waals surface area contributed by atoms with Crippen LogP contribution in [0.5, 0.6) is 0 Å². The van der Waals surface area contributed by atoms with Crippen molar-refractivity contribution in [2.45, 2.75) is 26.7 Å². The van der Waals surface area contributed by atoms with E-state index in [1.807, 2.05) is 6.92 Å². The Kier molecular flexibility index (Phi) is 1.26. The van der Waals surface area contributed by atoms with E-state index in [2.05, 4.69) is 19.1 Å². The van der Waals surface area contributed by atoms with E-state index in [-0.39, 0.29) is 5.41 Å². The molecule has 0 radical (unpaired) electrons. The summed E-state index contributed by atoms with van der Waals surface area (Å²) in [4.78, 5) is 11.4. The molecular weight excluding hydrogens is 136 g/mol. The molecule has 0 heterocycles. The van der Waals surface area contributed by atoms with Gasteiger partial charge in [0.1, 0.15) is 5.78 Å². The highest BCUT2D eigenvalue weighted by Gasteiger charge is 2.66. The van der Waals surface area contributed by atoms with Crippen LogP contribution in [0.15, 0.2) is 12.2 Å². The van der Waals surface area contributed by atoms with Crippen molar-refractivity contribution in [1.29, 1.82) is 0 Å². The fourth-order valence-electron chi connectivity index (χ4n) is 2.61. The van der Waals surface area contributed by atoms with Crippen LogP contribution in [0.2, 0.25) is 0 Å². The molecule has 2 aliphatic carbocycles. The van der Waals surface area contributed by atoms with Crippen molar-refractivity contribution in [3.63, 3.8) is 0 Å². The van der Waals surface area contributed by atoms with Crippen molar-refractivity contribution in [2.24, 2.45) is 17.3 Å². The predicted molar refractivity (Wildman–Crippen MR) is 44.1 cm³/mol. The summed E-state index contributed by atoms with van der Waals surface area (Å²) in [6, 6.07) is 0. The summed E-state index contributed by atoms with van der Waals surface area (Å²) in [5, 5.41) is 0. The summed E-state index contributed by atoms with van der Waals surface area (Å²) in [7, 11) is 0. The molecule has 11 heavy (non-hydrogen) atoms. The second kappa shape index (κ2) is 1.96. The quantitative estimate of drug-likeness (QED) is 0.523. The Balaban J connectivity index is 2.19. The van der Waals surface area contributed by atoms with Gasteiger partial charge < -0.3 is 0 Å². The first-order chi connectivity index (χ1) is 5.21. The van der Waals surface area contributed by atoms with Gasteiger partial charge in [0.2, 0.25) is 0 Å². The Hall–Kier alpha value is -0.590. The molecule has 2 fully saturated rings. The number of rotatable bonds is 1. The van der Waals surface area contributed by atoms with Crippen molar-refractivity contribution in [1.82, 2.24) is 0 Å². The van der Waals surface area contributed by atoms with Crippen molar-refractivity contribution in [2.75, 3.05) is 0 Å². The molecule has 0 N–H and O–H groups in total. The standard InChI is InChI=1S/C10H14O/c1-3-4-7-8-5-6-9(11)10(7,8)2/h3-4,7-8H,5-6H2,1-2H3/b4-3+/t7-,8-,10+/m0/s1. The molecule has 0 saturated heterocycles. The van der Waals surface area contributed by atoms with E-state index in [0.717, 1.165) is 12.8 Å². The molecule has 2 aliphatic rings. The molecule has 0 aromatic carbocycles. The highest BCUT2D eigenvalue weighted by atomic mass is 16.1. The highest BCUT2D eigenvalue weighted by Crippen LogP contribution is 2.66. The largest absolute Gasteiger partial charge is 0.299 e. The summed E-state index contributed by atoms with van der Waals surface area (Å²) in [6.45, 7) is 4.15. The van der Waals surface area contributed by atoms with Crippen molar-refractivity contribution in [3.8, 4) is 0 Å². The molecule has 0 bridgehead atoms. The lowest BCUT2D eigenvalue weighted by atomic mass is 10.0. The minimum Gasteiger partial charge on any atom is -0.299 e. The molecule has 0 aromatic heterocycles. The van der Waals surface area contributed by atoms with Crippen molar-refractivity contribution in [3.05, 3.63) is 12.2 Å². The predicted octanol–water partition coefficient (Wildman–Crippen LogP) is 2.18. The second-order valence-electron chi connectivity index (χ2n) is 3.90. The number of hydrogen-bond donors (Lipinski definition) is 0. The Morgan fingerprint density at radius 1 is 1.64 bits per heavy atom. The van der Waals surface area contributed by atoms with Crippen molar-refractivity contribution >= 4 is 5.78 Å². The number of carbonyl (C=O) groups excluding carboxylic acids is 1. The first kappa shape index (κ1) is 7.08. The van der Waals surface area contributed by atoms with Crippen LogP contribution < -0.4 is 0 Å². The van der Waals surface area contributed by atoms with Crippen LogP contribution in [0.3, 0.4) is 0 Å². The van der Waals surface area contributed by atoms with E-state index in [1.54, 1.807) is 0 Å². The van der Waals surface area contributed by atoms with Gasteiger partial charge in [-0.2, -0.15) is 0 Å². The van der Waals surface area contributed by atoms with Gasteiger partial charge in [-0.05, 0) is 25.2 Å². The van der Waals surface area contributed by atoms with Crippen molar-refractivity contribution < 1.29 is 4.79 Å². The van der Waals surface area contributed by atoms with Gasteiger partial charge in [-0.3, -0.25) is 4.79 Å². The topological polar surface area (TPSA) is 17.1 Å². The smallest absolute Gasteiger partial charge is 0.139 e. The van der Waals surface area contributed by atoms with Crippen LogP contribution in [-0.4, -0.2) is 5.78 Å². The zero-order valence-electron chi connectivity index (χ0n) is 7.13. The lowest BCUT2D eigenvalue weighted by Gasteiger charge is -2.02. The van der Waals surface area contributed by atoms with Crippen LogP contribution in [0.4, 0.5) is 0 Å². The molecule has 0 unspecified atom stereocenters. The summed E-state index contributed by atoms with van der Waals surface area (Å²) in [5.41, 5.74) is 0.0620. The molecule has 3 atom stereocenters. The molecule has 1 heteroatoms. The number of allylic oxidation sites excluding steroid dienone is 2. The van der Waals surface area contributed by atoms with Gasteiger partial charge in [0.25, 0.3) is 0 Å². The van der Waals surface area contributed by atoms with Crippen LogP contribution in [0, 0.1) is 17.3 Å². The lowest BCUT2D eigenvalue weighted by Crippen LogP contribution is -2.09. The summed E-state index contributed by atoms with van der Waals surface area (Å²) < 4.78 is 0. The zero-order chi connectivity index (χ0) is 8.06. The van der Waals surface area contributed by atoms with Crippen LogP contribution in [-0.2, 0) is 4.79 Å². The third-order valence-electron chi connectivity index (χ3n) is 3.47. The van der Waals surface area contributed by atoms with E-state index in [1.165, 1.54) is 0 Å². The van der Waals surface area contributed by atoms with E-state index in [4.69, 9.17) is 0 Å². The average molecular weight is 150 g/mol. The van der Waals surface area contributed by atoms with E-state index >= 15 is 0 Å². The third-order valence-corrected chi connectivity index (χ3v) is 3.47. The van der Waals surface area contributed by atoms with Gasteiger partial charge in [-0.15, -0.1) is 0 Å². The van der Waals surface area contributed by atoms with Gasteiger partial charge in [-0.25, -0.2) is 0 Å². The first-order valence-corrected chi connectivity index (χ1v) is 4.37. The van der Waals surface area contributed by atoms with Gasteiger partial charge in [-0.1, -0.05) is 19.1 Å². The molecule has 2 saturated carbocycles. The van der Waals surface area contributed by atoms with Gasteiger partial charge in [0.05, 0.1) is 0 Å². The van der Waals surface area contributed by atoms with Crippen LogP contribution in [0.1, 0.15) is 26.7 Å². The molecule has 1 nitrogen and oxygen atoms in total. The number of fused-ring (bicyclic) bond motifs is 1. The highest BCUT2D eigenvalue weighted by molar-refractivity contribution is 5.91. The van der Waals surface area contributed by atoms with Gasteiger partial charge in [0.15, 0.2) is 0 Å². The Morgan fingerprint density at radius 3 is 2.82 bits per heavy atom. The molecule has 0 spiro atoms. The number of ketones is 1. The Bertz CT molecular complexity index is 229. The minimum atomic E-state index is 0.0620. The molecule has 0 amide bonds. The molecule has 60 valence electrons. The fraction of sp³-hybridized carbons (Fsp3) is 0.700. The fourth-order valence-corrected chi connectivity index (χ4v) is 2.61.